The van der Waals surface area contributed by atoms with Crippen molar-refractivity contribution >= 4 is 23.2 Å². The maximum Gasteiger partial charge on any atom is 0.224 e. The zero-order valence-electron chi connectivity index (χ0n) is 15.7. The lowest BCUT2D eigenvalue weighted by molar-refractivity contribution is -0.116. The lowest BCUT2D eigenvalue weighted by atomic mass is 9.93. The van der Waals surface area contributed by atoms with Gasteiger partial charge >= 0.3 is 0 Å². The number of nitrogens with zero attached hydrogens (tertiary/aromatic N) is 2. The van der Waals surface area contributed by atoms with E-state index in [-0.39, 0.29) is 5.91 Å². The Morgan fingerprint density at radius 1 is 1.37 bits per heavy atom. The molecule has 0 aliphatic carbocycles. The van der Waals surface area contributed by atoms with E-state index in [9.17, 15) is 4.79 Å². The minimum absolute atomic E-state index is 0.00239. The van der Waals surface area contributed by atoms with E-state index in [0.717, 1.165) is 31.7 Å². The van der Waals surface area contributed by atoms with Crippen molar-refractivity contribution in [3.05, 3.63) is 53.3 Å². The van der Waals surface area contributed by atoms with Gasteiger partial charge in [-0.05, 0) is 62.1 Å². The topological polar surface area (TPSA) is 54.5 Å². The average Bonchev–Trinajstić information content (AvgIpc) is 2.68. The molecule has 0 unspecified atom stereocenters. The molecule has 1 fully saturated rings. The Bertz CT molecular complexity index is 754. The van der Waals surface area contributed by atoms with E-state index in [1.165, 1.54) is 12.8 Å². The Hall–Kier alpha value is -2.11. The molecular weight excluding hydrogens is 362 g/mol. The van der Waals surface area contributed by atoms with Crippen LogP contribution >= 0.6 is 11.6 Å². The molecule has 1 saturated heterocycles. The number of likely N-dealkylation sites (tertiary alicyclic amines) is 1. The van der Waals surface area contributed by atoms with Crippen molar-refractivity contribution in [2.24, 2.45) is 5.92 Å². The van der Waals surface area contributed by atoms with Gasteiger partial charge in [-0.15, -0.1) is 0 Å². The number of piperidine rings is 1. The van der Waals surface area contributed by atoms with E-state index in [4.69, 9.17) is 16.3 Å². The molecule has 2 heterocycles. The minimum Gasteiger partial charge on any atom is -0.495 e. The number of rotatable bonds is 7. The van der Waals surface area contributed by atoms with Crippen LogP contribution in [0.4, 0.5) is 5.69 Å². The van der Waals surface area contributed by atoms with Crippen LogP contribution in [0.2, 0.25) is 5.02 Å². The number of nitrogens with one attached hydrogen (secondary N) is 1. The summed E-state index contributed by atoms with van der Waals surface area (Å²) in [6.45, 7) is 2.99. The van der Waals surface area contributed by atoms with Crippen LogP contribution in [0, 0.1) is 5.92 Å². The van der Waals surface area contributed by atoms with Crippen molar-refractivity contribution in [3.63, 3.8) is 0 Å². The summed E-state index contributed by atoms with van der Waals surface area (Å²) >= 11 is 6.02. The number of benzene rings is 1. The Balaban J connectivity index is 1.48. The van der Waals surface area contributed by atoms with Gasteiger partial charge < -0.3 is 10.1 Å². The van der Waals surface area contributed by atoms with Gasteiger partial charge in [0.1, 0.15) is 5.75 Å². The standard InChI is InChI=1S/C21H26ClN3O2/c1-27-20-9-8-17(22)13-19(20)24-21(26)10-7-16-5-4-12-25(14-16)15-18-6-2-3-11-23-18/h2-3,6,8-9,11,13,16H,4-5,7,10,12,14-15H2,1H3,(H,24,26)/t16-/m1/s1. The first-order valence-electron chi connectivity index (χ1n) is 9.39. The van der Waals surface area contributed by atoms with Crippen molar-refractivity contribution in [2.75, 3.05) is 25.5 Å². The van der Waals surface area contributed by atoms with Gasteiger partial charge in [-0.3, -0.25) is 14.7 Å². The molecule has 3 rings (SSSR count). The fourth-order valence-electron chi connectivity index (χ4n) is 3.58. The number of ether oxygens (including phenoxy) is 1. The smallest absolute Gasteiger partial charge is 0.224 e. The molecule has 1 aromatic heterocycles. The lowest BCUT2D eigenvalue weighted by Gasteiger charge is -2.32. The molecule has 1 atom stereocenters. The monoisotopic (exact) mass is 387 g/mol. The third kappa shape index (κ3) is 5.94. The molecule has 6 heteroatoms. The summed E-state index contributed by atoms with van der Waals surface area (Å²) in [5, 5.41) is 3.49. The van der Waals surface area contributed by atoms with Gasteiger partial charge in [0.2, 0.25) is 5.91 Å². The van der Waals surface area contributed by atoms with E-state index >= 15 is 0 Å². The Kier molecular flexibility index (Phi) is 7.07. The van der Waals surface area contributed by atoms with Gasteiger partial charge in [-0.2, -0.15) is 0 Å². The fourth-order valence-corrected chi connectivity index (χ4v) is 3.75. The van der Waals surface area contributed by atoms with Crippen molar-refractivity contribution in [1.29, 1.82) is 0 Å². The summed E-state index contributed by atoms with van der Waals surface area (Å²) in [6.07, 6.45) is 5.56. The number of anilines is 1. The van der Waals surface area contributed by atoms with Crippen LogP contribution in [-0.2, 0) is 11.3 Å². The maximum absolute atomic E-state index is 12.4. The summed E-state index contributed by atoms with van der Waals surface area (Å²) in [6, 6.07) is 11.2. The molecule has 2 aromatic rings. The zero-order chi connectivity index (χ0) is 19.1. The number of hydrogen-bond acceptors (Lipinski definition) is 4. The second kappa shape index (κ2) is 9.72. The summed E-state index contributed by atoms with van der Waals surface area (Å²) in [4.78, 5) is 19.2. The molecule has 27 heavy (non-hydrogen) atoms. The number of aromatic nitrogens is 1. The molecule has 1 amide bonds. The second-order valence-corrected chi connectivity index (χ2v) is 7.43. The molecule has 5 nitrogen and oxygen atoms in total. The number of carbonyl (C=O) groups excluding carboxylic acids is 1. The SMILES string of the molecule is COc1ccc(Cl)cc1NC(=O)CC[C@H]1CCCN(Cc2ccccn2)C1. The highest BCUT2D eigenvalue weighted by molar-refractivity contribution is 6.31. The first-order valence-corrected chi connectivity index (χ1v) is 9.77. The van der Waals surface area contributed by atoms with E-state index in [1.807, 2.05) is 18.3 Å². The molecule has 0 saturated carbocycles. The van der Waals surface area contributed by atoms with Crippen LogP contribution in [-0.4, -0.2) is 36.0 Å². The van der Waals surface area contributed by atoms with Crippen LogP contribution in [0.3, 0.4) is 0 Å². The minimum atomic E-state index is -0.00239. The predicted molar refractivity (Wildman–Crippen MR) is 108 cm³/mol. The van der Waals surface area contributed by atoms with Crippen LogP contribution in [0.15, 0.2) is 42.6 Å². The summed E-state index contributed by atoms with van der Waals surface area (Å²) in [7, 11) is 1.58. The van der Waals surface area contributed by atoms with Gasteiger partial charge in [0.15, 0.2) is 0 Å². The Morgan fingerprint density at radius 3 is 3.04 bits per heavy atom. The van der Waals surface area contributed by atoms with Crippen LogP contribution in [0.5, 0.6) is 5.75 Å². The van der Waals surface area contributed by atoms with Crippen molar-refractivity contribution in [3.8, 4) is 5.75 Å². The van der Waals surface area contributed by atoms with Gasteiger partial charge in [0, 0.05) is 30.7 Å². The number of amides is 1. The largest absolute Gasteiger partial charge is 0.495 e. The van der Waals surface area contributed by atoms with E-state index in [2.05, 4.69) is 21.3 Å². The highest BCUT2D eigenvalue weighted by atomic mass is 35.5. The van der Waals surface area contributed by atoms with Gasteiger partial charge in [-0.1, -0.05) is 17.7 Å². The van der Waals surface area contributed by atoms with Crippen LogP contribution < -0.4 is 10.1 Å². The summed E-state index contributed by atoms with van der Waals surface area (Å²) in [5.41, 5.74) is 1.72. The molecule has 0 bridgehead atoms. The number of halogens is 1. The molecule has 0 radical (unpaired) electrons. The third-order valence-corrected chi connectivity index (χ3v) is 5.17. The lowest BCUT2D eigenvalue weighted by Crippen LogP contribution is -2.35. The van der Waals surface area contributed by atoms with Crippen molar-refractivity contribution in [2.45, 2.75) is 32.2 Å². The predicted octanol–water partition coefficient (Wildman–Crippen LogP) is 4.37. The normalized spacial score (nSPS) is 17.5. The van der Waals surface area contributed by atoms with Crippen molar-refractivity contribution < 1.29 is 9.53 Å². The Labute approximate surface area is 165 Å². The number of hydrogen-bond donors (Lipinski definition) is 1. The van der Waals surface area contributed by atoms with Crippen molar-refractivity contribution in [1.82, 2.24) is 9.88 Å². The van der Waals surface area contributed by atoms with E-state index < -0.39 is 0 Å². The first kappa shape index (κ1) is 19.6. The molecule has 1 aliphatic heterocycles. The summed E-state index contributed by atoms with van der Waals surface area (Å²) in [5.74, 6) is 1.15. The molecule has 144 valence electrons. The molecular formula is C21H26ClN3O2. The highest BCUT2D eigenvalue weighted by Gasteiger charge is 2.21. The quantitative estimate of drug-likeness (QED) is 0.766. The van der Waals surface area contributed by atoms with Crippen LogP contribution in [0.1, 0.15) is 31.4 Å². The number of methoxy groups -OCH3 is 1. The molecule has 1 aromatic carbocycles. The van der Waals surface area contributed by atoms with Crippen LogP contribution in [0.25, 0.3) is 0 Å². The average molecular weight is 388 g/mol. The van der Waals surface area contributed by atoms with E-state index in [1.54, 1.807) is 25.3 Å². The Morgan fingerprint density at radius 2 is 2.26 bits per heavy atom. The van der Waals surface area contributed by atoms with E-state index in [0.29, 0.717) is 28.8 Å². The zero-order valence-corrected chi connectivity index (χ0v) is 16.4. The fraction of sp³-hybridized carbons (Fsp3) is 0.429. The number of pyridine rings is 1. The molecule has 1 aliphatic rings. The summed E-state index contributed by atoms with van der Waals surface area (Å²) < 4.78 is 5.28. The van der Waals surface area contributed by atoms with Gasteiger partial charge in [0.25, 0.3) is 0 Å². The maximum atomic E-state index is 12.4. The van der Waals surface area contributed by atoms with Gasteiger partial charge in [-0.25, -0.2) is 0 Å². The molecule has 0 spiro atoms. The third-order valence-electron chi connectivity index (χ3n) is 4.93. The second-order valence-electron chi connectivity index (χ2n) is 7.00. The highest BCUT2D eigenvalue weighted by Crippen LogP contribution is 2.28. The number of carbonyl (C=O) groups is 1. The first-order chi connectivity index (χ1) is 13.1. The molecule has 1 N–H and O–H groups in total. The van der Waals surface area contributed by atoms with Gasteiger partial charge in [0.05, 0.1) is 18.5 Å².